The third-order valence-corrected chi connectivity index (χ3v) is 3.46. The van der Waals surface area contributed by atoms with E-state index in [9.17, 15) is 0 Å². The number of anilines is 2. The number of hydrogen-bond acceptors (Lipinski definition) is 6. The van der Waals surface area contributed by atoms with Gasteiger partial charge in [0, 0.05) is 25.6 Å². The summed E-state index contributed by atoms with van der Waals surface area (Å²) < 4.78 is 5.57. The molecule has 0 spiro atoms. The van der Waals surface area contributed by atoms with E-state index in [0.29, 0.717) is 12.4 Å². The summed E-state index contributed by atoms with van der Waals surface area (Å²) in [6.07, 6.45) is 4.02. The van der Waals surface area contributed by atoms with Crippen LogP contribution in [0.4, 0.5) is 11.6 Å². The van der Waals surface area contributed by atoms with Gasteiger partial charge in [0.05, 0.1) is 19.3 Å². The van der Waals surface area contributed by atoms with E-state index in [1.165, 1.54) is 0 Å². The SMILES string of the molecule is CCCc1nc(N)cc(N2CCC(OCCO)CC2)n1. The molecule has 2 heterocycles. The van der Waals surface area contributed by atoms with E-state index in [-0.39, 0.29) is 12.7 Å². The van der Waals surface area contributed by atoms with Gasteiger partial charge in [-0.1, -0.05) is 6.92 Å². The average Bonchev–Trinajstić information content (AvgIpc) is 2.45. The Labute approximate surface area is 120 Å². The molecule has 0 bridgehead atoms. The van der Waals surface area contributed by atoms with Crippen molar-refractivity contribution in [1.29, 1.82) is 0 Å². The Balaban J connectivity index is 1.96. The molecule has 20 heavy (non-hydrogen) atoms. The summed E-state index contributed by atoms with van der Waals surface area (Å²) in [5, 5.41) is 8.77. The predicted octanol–water partition coefficient (Wildman–Crippen LogP) is 0.989. The van der Waals surface area contributed by atoms with Gasteiger partial charge in [-0.25, -0.2) is 9.97 Å². The normalized spacial score (nSPS) is 16.6. The van der Waals surface area contributed by atoms with E-state index in [2.05, 4.69) is 21.8 Å². The number of piperidine rings is 1. The summed E-state index contributed by atoms with van der Waals surface area (Å²) in [4.78, 5) is 11.1. The number of nitrogens with zero attached hydrogens (tertiary/aromatic N) is 3. The van der Waals surface area contributed by atoms with Gasteiger partial charge >= 0.3 is 0 Å². The Kier molecular flexibility index (Phi) is 5.55. The first-order valence-electron chi connectivity index (χ1n) is 7.33. The monoisotopic (exact) mass is 280 g/mol. The number of aliphatic hydroxyl groups is 1. The number of ether oxygens (including phenoxy) is 1. The largest absolute Gasteiger partial charge is 0.394 e. The van der Waals surface area contributed by atoms with Crippen LogP contribution in [0.1, 0.15) is 32.0 Å². The minimum atomic E-state index is 0.0863. The Morgan fingerprint density at radius 1 is 1.40 bits per heavy atom. The summed E-state index contributed by atoms with van der Waals surface area (Å²) in [5.41, 5.74) is 5.86. The molecule has 0 aromatic carbocycles. The van der Waals surface area contributed by atoms with Gasteiger partial charge in [-0.05, 0) is 19.3 Å². The highest BCUT2D eigenvalue weighted by Crippen LogP contribution is 2.21. The zero-order valence-electron chi connectivity index (χ0n) is 12.1. The molecule has 1 aromatic heterocycles. The van der Waals surface area contributed by atoms with Crippen LogP contribution in [0, 0.1) is 0 Å². The van der Waals surface area contributed by atoms with Crippen LogP contribution in [0.15, 0.2) is 6.07 Å². The molecular formula is C14H24N4O2. The number of nitrogen functional groups attached to an aromatic ring is 1. The molecule has 3 N–H and O–H groups in total. The van der Waals surface area contributed by atoms with Crippen LogP contribution in [0.25, 0.3) is 0 Å². The van der Waals surface area contributed by atoms with Crippen LogP contribution in [-0.4, -0.2) is 47.5 Å². The predicted molar refractivity (Wildman–Crippen MR) is 78.7 cm³/mol. The summed E-state index contributed by atoms with van der Waals surface area (Å²) in [7, 11) is 0. The number of aliphatic hydroxyl groups excluding tert-OH is 1. The molecule has 2 rings (SSSR count). The van der Waals surface area contributed by atoms with Gasteiger partial charge in [0.1, 0.15) is 17.5 Å². The van der Waals surface area contributed by atoms with Crippen molar-refractivity contribution in [3.8, 4) is 0 Å². The zero-order valence-corrected chi connectivity index (χ0v) is 12.1. The lowest BCUT2D eigenvalue weighted by molar-refractivity contribution is 0.0158. The summed E-state index contributed by atoms with van der Waals surface area (Å²) >= 11 is 0. The molecule has 0 atom stereocenters. The van der Waals surface area contributed by atoms with Crippen molar-refractivity contribution in [2.45, 2.75) is 38.7 Å². The molecule has 1 saturated heterocycles. The molecular weight excluding hydrogens is 256 g/mol. The molecule has 0 saturated carbocycles. The third kappa shape index (κ3) is 4.05. The molecule has 1 fully saturated rings. The fourth-order valence-electron chi connectivity index (χ4n) is 2.47. The second kappa shape index (κ2) is 7.40. The van der Waals surface area contributed by atoms with Crippen molar-refractivity contribution in [3.05, 3.63) is 11.9 Å². The quantitative estimate of drug-likeness (QED) is 0.808. The number of rotatable bonds is 6. The van der Waals surface area contributed by atoms with Gasteiger partial charge in [-0.15, -0.1) is 0 Å². The number of hydrogen-bond donors (Lipinski definition) is 2. The lowest BCUT2D eigenvalue weighted by atomic mass is 10.1. The molecule has 0 amide bonds. The van der Waals surface area contributed by atoms with Crippen LogP contribution >= 0.6 is 0 Å². The Hall–Kier alpha value is -1.40. The van der Waals surface area contributed by atoms with Gasteiger partial charge < -0.3 is 20.5 Å². The van der Waals surface area contributed by atoms with E-state index in [0.717, 1.165) is 50.4 Å². The van der Waals surface area contributed by atoms with Gasteiger partial charge in [0.15, 0.2) is 0 Å². The van der Waals surface area contributed by atoms with Crippen LogP contribution in [0.5, 0.6) is 0 Å². The van der Waals surface area contributed by atoms with Crippen LogP contribution < -0.4 is 10.6 Å². The first-order chi connectivity index (χ1) is 9.72. The summed E-state index contributed by atoms with van der Waals surface area (Å²) in [6, 6.07) is 1.84. The van der Waals surface area contributed by atoms with E-state index < -0.39 is 0 Å². The van der Waals surface area contributed by atoms with Gasteiger partial charge in [-0.2, -0.15) is 0 Å². The first kappa shape index (κ1) is 15.0. The molecule has 6 nitrogen and oxygen atoms in total. The topological polar surface area (TPSA) is 84.5 Å². The van der Waals surface area contributed by atoms with Crippen molar-refractivity contribution in [1.82, 2.24) is 9.97 Å². The molecule has 6 heteroatoms. The maximum atomic E-state index is 8.77. The summed E-state index contributed by atoms with van der Waals surface area (Å²) in [6.45, 7) is 4.42. The Morgan fingerprint density at radius 2 is 2.15 bits per heavy atom. The van der Waals surface area contributed by atoms with E-state index in [1.807, 2.05) is 6.07 Å². The fraction of sp³-hybridized carbons (Fsp3) is 0.714. The van der Waals surface area contributed by atoms with Crippen molar-refractivity contribution in [3.63, 3.8) is 0 Å². The molecule has 0 aliphatic carbocycles. The lowest BCUT2D eigenvalue weighted by Crippen LogP contribution is -2.38. The molecule has 1 aromatic rings. The standard InChI is InChI=1S/C14H24N4O2/c1-2-3-13-16-12(15)10-14(17-13)18-6-4-11(5-7-18)20-9-8-19/h10-11,19H,2-9H2,1H3,(H2,15,16,17). The lowest BCUT2D eigenvalue weighted by Gasteiger charge is -2.32. The first-order valence-corrected chi connectivity index (χ1v) is 7.33. The smallest absolute Gasteiger partial charge is 0.134 e. The molecule has 112 valence electrons. The summed E-state index contributed by atoms with van der Waals surface area (Å²) in [5.74, 6) is 2.28. The molecule has 1 aliphatic heterocycles. The van der Waals surface area contributed by atoms with E-state index >= 15 is 0 Å². The van der Waals surface area contributed by atoms with E-state index in [1.54, 1.807) is 0 Å². The maximum absolute atomic E-state index is 8.77. The zero-order chi connectivity index (χ0) is 14.4. The molecule has 1 aliphatic rings. The van der Waals surface area contributed by atoms with Crippen molar-refractivity contribution in [2.75, 3.05) is 36.9 Å². The Morgan fingerprint density at radius 3 is 2.80 bits per heavy atom. The van der Waals surface area contributed by atoms with Crippen molar-refractivity contribution in [2.24, 2.45) is 0 Å². The third-order valence-electron chi connectivity index (χ3n) is 3.46. The van der Waals surface area contributed by atoms with Gasteiger partial charge in [-0.3, -0.25) is 0 Å². The number of nitrogens with two attached hydrogens (primary N) is 1. The molecule has 0 radical (unpaired) electrons. The number of aromatic nitrogens is 2. The molecule has 0 unspecified atom stereocenters. The van der Waals surface area contributed by atoms with E-state index in [4.69, 9.17) is 15.6 Å². The van der Waals surface area contributed by atoms with Crippen LogP contribution in [0.2, 0.25) is 0 Å². The highest BCUT2D eigenvalue weighted by Gasteiger charge is 2.21. The van der Waals surface area contributed by atoms with Gasteiger partial charge in [0.25, 0.3) is 0 Å². The second-order valence-corrected chi connectivity index (χ2v) is 5.10. The van der Waals surface area contributed by atoms with Crippen molar-refractivity contribution < 1.29 is 9.84 Å². The highest BCUT2D eigenvalue weighted by molar-refractivity contribution is 5.47. The average molecular weight is 280 g/mol. The fourth-order valence-corrected chi connectivity index (χ4v) is 2.47. The van der Waals surface area contributed by atoms with Gasteiger partial charge in [0.2, 0.25) is 0 Å². The minimum Gasteiger partial charge on any atom is -0.394 e. The van der Waals surface area contributed by atoms with Crippen LogP contribution in [-0.2, 0) is 11.2 Å². The maximum Gasteiger partial charge on any atom is 0.134 e. The van der Waals surface area contributed by atoms with Crippen LogP contribution in [0.3, 0.4) is 0 Å². The minimum absolute atomic E-state index is 0.0863. The van der Waals surface area contributed by atoms with Crippen molar-refractivity contribution >= 4 is 11.6 Å². The highest BCUT2D eigenvalue weighted by atomic mass is 16.5. The number of aryl methyl sites for hydroxylation is 1. The second-order valence-electron chi connectivity index (χ2n) is 5.10. The Bertz CT molecular complexity index is 420.